The van der Waals surface area contributed by atoms with Crippen LogP contribution in [0.5, 0.6) is 5.88 Å². The quantitative estimate of drug-likeness (QED) is 0.666. The molecule has 0 aromatic carbocycles. The lowest BCUT2D eigenvalue weighted by Crippen LogP contribution is -2.34. The molecular formula is C24H35N5O4. The first-order valence-corrected chi connectivity index (χ1v) is 11.5. The van der Waals surface area contributed by atoms with E-state index in [0.29, 0.717) is 23.6 Å². The van der Waals surface area contributed by atoms with Gasteiger partial charge in [0.05, 0.1) is 12.8 Å². The number of methoxy groups -OCH3 is 1. The summed E-state index contributed by atoms with van der Waals surface area (Å²) in [6.07, 6.45) is 5.02. The van der Waals surface area contributed by atoms with Crippen molar-refractivity contribution < 1.29 is 19.1 Å². The van der Waals surface area contributed by atoms with E-state index in [4.69, 9.17) is 9.47 Å². The number of hydrogen-bond acceptors (Lipinski definition) is 7. The summed E-state index contributed by atoms with van der Waals surface area (Å²) in [7, 11) is 1.54. The predicted octanol–water partition coefficient (Wildman–Crippen LogP) is 4.19. The molecule has 2 aromatic rings. The van der Waals surface area contributed by atoms with Crippen LogP contribution in [0.25, 0.3) is 11.3 Å². The van der Waals surface area contributed by atoms with Gasteiger partial charge in [0.1, 0.15) is 11.4 Å². The predicted molar refractivity (Wildman–Crippen MR) is 126 cm³/mol. The molecule has 1 fully saturated rings. The van der Waals surface area contributed by atoms with Crippen LogP contribution in [0.1, 0.15) is 53.4 Å². The summed E-state index contributed by atoms with van der Waals surface area (Å²) >= 11 is 0. The molecule has 0 spiro atoms. The Hall–Kier alpha value is -2.94. The Kier molecular flexibility index (Phi) is 8.07. The molecule has 0 aliphatic carbocycles. The lowest BCUT2D eigenvalue weighted by atomic mass is 10.0. The summed E-state index contributed by atoms with van der Waals surface area (Å²) in [6.45, 7) is 10.5. The fourth-order valence-electron chi connectivity index (χ4n) is 3.87. The molecule has 1 N–H and O–H groups in total. The van der Waals surface area contributed by atoms with Gasteiger partial charge in [-0.3, -0.25) is 4.79 Å². The van der Waals surface area contributed by atoms with Crippen molar-refractivity contribution in [2.75, 3.05) is 32.1 Å². The number of pyridine rings is 1. The van der Waals surface area contributed by atoms with Gasteiger partial charge in [-0.05, 0) is 58.7 Å². The molecular weight excluding hydrogens is 422 g/mol. The van der Waals surface area contributed by atoms with Crippen LogP contribution in [-0.4, -0.2) is 64.0 Å². The van der Waals surface area contributed by atoms with Gasteiger partial charge < -0.3 is 19.7 Å². The zero-order valence-corrected chi connectivity index (χ0v) is 20.3. The van der Waals surface area contributed by atoms with E-state index in [9.17, 15) is 9.59 Å². The van der Waals surface area contributed by atoms with Crippen molar-refractivity contribution in [2.45, 2.75) is 59.0 Å². The second kappa shape index (κ2) is 10.8. The fraction of sp³-hybridized carbons (Fsp3) is 0.583. The minimum Gasteiger partial charge on any atom is -0.481 e. The van der Waals surface area contributed by atoms with E-state index in [0.717, 1.165) is 24.3 Å². The van der Waals surface area contributed by atoms with Crippen LogP contribution in [0, 0.1) is 5.92 Å². The second-order valence-corrected chi connectivity index (χ2v) is 9.61. The van der Waals surface area contributed by atoms with Crippen LogP contribution in [0.3, 0.4) is 0 Å². The lowest BCUT2D eigenvalue weighted by Gasteiger charge is -2.28. The number of nitrogens with one attached hydrogen (secondary N) is 1. The summed E-state index contributed by atoms with van der Waals surface area (Å²) < 4.78 is 11.7. The van der Waals surface area contributed by atoms with Crippen molar-refractivity contribution in [3.8, 4) is 17.1 Å². The van der Waals surface area contributed by atoms with Gasteiger partial charge in [0.15, 0.2) is 0 Å². The molecule has 1 aliphatic heterocycles. The minimum atomic E-state index is -0.699. The van der Waals surface area contributed by atoms with E-state index in [1.165, 1.54) is 19.3 Å². The van der Waals surface area contributed by atoms with Crippen LogP contribution in [0.2, 0.25) is 0 Å². The van der Waals surface area contributed by atoms with Gasteiger partial charge in [0.25, 0.3) is 0 Å². The number of likely N-dealkylation sites (tertiary alicyclic amines) is 1. The Bertz CT molecular complexity index is 943. The highest BCUT2D eigenvalue weighted by Crippen LogP contribution is 2.24. The first kappa shape index (κ1) is 24.7. The summed E-state index contributed by atoms with van der Waals surface area (Å²) in [5.41, 5.74) is 0.481. The van der Waals surface area contributed by atoms with Crippen LogP contribution in [-0.2, 0) is 9.53 Å². The first-order chi connectivity index (χ1) is 15.6. The number of rotatable bonds is 7. The monoisotopic (exact) mass is 457 g/mol. The average Bonchev–Trinajstić information content (AvgIpc) is 3.17. The van der Waals surface area contributed by atoms with Crippen molar-refractivity contribution in [2.24, 2.45) is 5.92 Å². The summed E-state index contributed by atoms with van der Waals surface area (Å²) in [5, 5.41) is 7.24. The fourth-order valence-corrected chi connectivity index (χ4v) is 3.87. The number of anilines is 1. The number of aromatic nitrogens is 3. The third-order valence-electron chi connectivity index (χ3n) is 5.34. The SMILES string of the molecule is COc1ccc(-c2cc(NC(=O)CC(C)CN3CCCCC3)n(C(=O)OC(C)(C)C)n2)cn1. The first-order valence-electron chi connectivity index (χ1n) is 11.5. The van der Waals surface area contributed by atoms with Gasteiger partial charge >= 0.3 is 6.09 Å². The number of carbonyl (C=O) groups excluding carboxylic acids is 2. The molecule has 33 heavy (non-hydrogen) atoms. The zero-order valence-electron chi connectivity index (χ0n) is 20.3. The van der Waals surface area contributed by atoms with E-state index in [1.807, 2.05) is 0 Å². The molecule has 180 valence electrons. The van der Waals surface area contributed by atoms with E-state index in [-0.39, 0.29) is 17.6 Å². The highest BCUT2D eigenvalue weighted by atomic mass is 16.6. The molecule has 9 heteroatoms. The Morgan fingerprint density at radius 1 is 1.18 bits per heavy atom. The number of nitrogens with zero attached hydrogens (tertiary/aromatic N) is 4. The van der Waals surface area contributed by atoms with Crippen molar-refractivity contribution in [1.29, 1.82) is 0 Å². The largest absolute Gasteiger partial charge is 0.481 e. The van der Waals surface area contributed by atoms with Crippen molar-refractivity contribution in [3.05, 3.63) is 24.4 Å². The van der Waals surface area contributed by atoms with E-state index in [2.05, 4.69) is 27.2 Å². The lowest BCUT2D eigenvalue weighted by molar-refractivity contribution is -0.117. The number of piperidine rings is 1. The molecule has 0 saturated carbocycles. The molecule has 1 atom stereocenters. The molecule has 1 saturated heterocycles. The van der Waals surface area contributed by atoms with Crippen LogP contribution >= 0.6 is 0 Å². The Morgan fingerprint density at radius 3 is 2.52 bits per heavy atom. The number of carbonyl (C=O) groups is 2. The highest BCUT2D eigenvalue weighted by Gasteiger charge is 2.24. The van der Waals surface area contributed by atoms with Crippen molar-refractivity contribution >= 4 is 17.8 Å². The van der Waals surface area contributed by atoms with Gasteiger partial charge in [-0.1, -0.05) is 13.3 Å². The normalized spacial score (nSPS) is 15.7. The van der Waals surface area contributed by atoms with Crippen LogP contribution in [0.4, 0.5) is 10.6 Å². The molecule has 1 aliphatic rings. The van der Waals surface area contributed by atoms with Crippen molar-refractivity contribution in [1.82, 2.24) is 19.7 Å². The molecule has 9 nitrogen and oxygen atoms in total. The molecule has 1 unspecified atom stereocenters. The second-order valence-electron chi connectivity index (χ2n) is 9.61. The Labute approximate surface area is 195 Å². The summed E-state index contributed by atoms with van der Waals surface area (Å²) in [6, 6.07) is 5.16. The molecule has 1 amide bonds. The molecule has 0 bridgehead atoms. The standard InChI is InChI=1S/C24H35N5O4/c1-17(16-28-11-7-6-8-12-28)13-21(30)26-20-14-19(18-9-10-22(32-5)25-15-18)27-29(20)23(31)33-24(2,3)4/h9-10,14-15,17H,6-8,11-13,16H2,1-5H3,(H,26,30). The van der Waals surface area contributed by atoms with Gasteiger partial charge in [-0.25, -0.2) is 9.78 Å². The van der Waals surface area contributed by atoms with Gasteiger partial charge in [-0.15, -0.1) is 4.68 Å². The number of amides is 1. The smallest absolute Gasteiger partial charge is 0.437 e. The molecule has 3 heterocycles. The third kappa shape index (κ3) is 7.28. The maximum atomic E-state index is 12.8. The summed E-state index contributed by atoms with van der Waals surface area (Å²) in [5.74, 6) is 0.779. The minimum absolute atomic E-state index is 0.163. The van der Waals surface area contributed by atoms with Gasteiger partial charge in [-0.2, -0.15) is 5.10 Å². The van der Waals surface area contributed by atoms with Crippen LogP contribution < -0.4 is 10.1 Å². The Balaban J connectivity index is 1.75. The topological polar surface area (TPSA) is 98.6 Å². The maximum absolute atomic E-state index is 12.8. The average molecular weight is 458 g/mol. The molecule has 3 rings (SSSR count). The summed E-state index contributed by atoms with van der Waals surface area (Å²) in [4.78, 5) is 32.2. The zero-order chi connectivity index (χ0) is 24.0. The number of hydrogen-bond donors (Lipinski definition) is 1. The van der Waals surface area contributed by atoms with E-state index < -0.39 is 11.7 Å². The molecule has 0 radical (unpaired) electrons. The number of ether oxygens (including phenoxy) is 2. The van der Waals surface area contributed by atoms with E-state index >= 15 is 0 Å². The van der Waals surface area contributed by atoms with Crippen molar-refractivity contribution in [3.63, 3.8) is 0 Å². The third-order valence-corrected chi connectivity index (χ3v) is 5.34. The van der Waals surface area contributed by atoms with Crippen LogP contribution in [0.15, 0.2) is 24.4 Å². The van der Waals surface area contributed by atoms with Gasteiger partial charge in [0.2, 0.25) is 11.8 Å². The Morgan fingerprint density at radius 2 is 1.91 bits per heavy atom. The van der Waals surface area contributed by atoms with E-state index in [1.54, 1.807) is 52.3 Å². The highest BCUT2D eigenvalue weighted by molar-refractivity contribution is 5.92. The maximum Gasteiger partial charge on any atom is 0.437 e. The molecule has 2 aromatic heterocycles. The van der Waals surface area contributed by atoms with Gasteiger partial charge in [0, 0.05) is 36.9 Å².